The Balaban J connectivity index is 2.08. The fourth-order valence-electron chi connectivity index (χ4n) is 3.32. The van der Waals surface area contributed by atoms with E-state index in [1.165, 1.54) is 4.88 Å². The Morgan fingerprint density at radius 2 is 2.09 bits per heavy atom. The molecule has 122 valence electrons. The normalized spacial score (nSPS) is 20.3. The van der Waals surface area contributed by atoms with Crippen molar-refractivity contribution in [3.05, 3.63) is 56.7 Å². The van der Waals surface area contributed by atoms with Gasteiger partial charge < -0.3 is 5.11 Å². The number of carboxylic acids is 1. The molecule has 0 amide bonds. The molecule has 2 aromatic rings. The quantitative estimate of drug-likeness (QED) is 0.866. The minimum atomic E-state index is -0.741. The fourth-order valence-corrected chi connectivity index (χ4v) is 4.58. The van der Waals surface area contributed by atoms with Gasteiger partial charge in [0.15, 0.2) is 0 Å². The van der Waals surface area contributed by atoms with Gasteiger partial charge in [-0.2, -0.15) is 0 Å². The summed E-state index contributed by atoms with van der Waals surface area (Å²) in [7, 11) is 0. The highest BCUT2D eigenvalue weighted by Crippen LogP contribution is 2.39. The SMILES string of the molecule is Cc1ccc(C(c2ccccc2Cl)N2CCCCC2C(=O)O)s1. The Morgan fingerprint density at radius 1 is 1.30 bits per heavy atom. The van der Waals surface area contributed by atoms with Crippen molar-refractivity contribution in [2.45, 2.75) is 38.3 Å². The van der Waals surface area contributed by atoms with Crippen LogP contribution in [0.2, 0.25) is 5.02 Å². The van der Waals surface area contributed by atoms with Crippen molar-refractivity contribution in [3.63, 3.8) is 0 Å². The molecule has 0 bridgehead atoms. The third-order valence-electron chi connectivity index (χ3n) is 4.39. The number of thiophene rings is 1. The zero-order valence-electron chi connectivity index (χ0n) is 13.0. The number of aryl methyl sites for hydroxylation is 1. The molecule has 5 heteroatoms. The molecule has 1 fully saturated rings. The van der Waals surface area contributed by atoms with E-state index in [1.807, 2.05) is 24.3 Å². The van der Waals surface area contributed by atoms with Crippen LogP contribution in [-0.4, -0.2) is 28.6 Å². The highest BCUT2D eigenvalue weighted by molar-refractivity contribution is 7.12. The van der Waals surface area contributed by atoms with Gasteiger partial charge in [-0.15, -0.1) is 11.3 Å². The molecule has 1 N–H and O–H groups in total. The third kappa shape index (κ3) is 3.44. The predicted octanol–water partition coefficient (Wildman–Crippen LogP) is 4.74. The van der Waals surface area contributed by atoms with Gasteiger partial charge in [0.1, 0.15) is 6.04 Å². The molecule has 3 nitrogen and oxygen atoms in total. The zero-order chi connectivity index (χ0) is 16.4. The van der Waals surface area contributed by atoms with E-state index in [2.05, 4.69) is 24.0 Å². The fraction of sp³-hybridized carbons (Fsp3) is 0.389. The van der Waals surface area contributed by atoms with Crippen LogP contribution in [0, 0.1) is 6.92 Å². The monoisotopic (exact) mass is 349 g/mol. The molecule has 0 radical (unpaired) electrons. The lowest BCUT2D eigenvalue weighted by molar-refractivity contribution is -0.145. The van der Waals surface area contributed by atoms with Gasteiger partial charge in [0.05, 0.1) is 6.04 Å². The van der Waals surface area contributed by atoms with E-state index >= 15 is 0 Å². The van der Waals surface area contributed by atoms with Crippen LogP contribution < -0.4 is 0 Å². The summed E-state index contributed by atoms with van der Waals surface area (Å²) in [6, 6.07) is 11.4. The van der Waals surface area contributed by atoms with E-state index in [0.717, 1.165) is 29.8 Å². The van der Waals surface area contributed by atoms with Crippen LogP contribution in [0.5, 0.6) is 0 Å². The van der Waals surface area contributed by atoms with Gasteiger partial charge in [-0.05, 0) is 50.1 Å². The molecule has 1 aromatic carbocycles. The summed E-state index contributed by atoms with van der Waals surface area (Å²) in [5.74, 6) is -0.741. The number of rotatable bonds is 4. The van der Waals surface area contributed by atoms with E-state index < -0.39 is 12.0 Å². The van der Waals surface area contributed by atoms with Crippen LogP contribution in [0.4, 0.5) is 0 Å². The number of carboxylic acid groups (broad SMARTS) is 1. The maximum atomic E-state index is 11.8. The largest absolute Gasteiger partial charge is 0.480 e. The number of nitrogens with zero attached hydrogens (tertiary/aromatic N) is 1. The molecule has 23 heavy (non-hydrogen) atoms. The maximum absolute atomic E-state index is 11.8. The second kappa shape index (κ2) is 7.04. The summed E-state index contributed by atoms with van der Waals surface area (Å²) in [6.45, 7) is 2.85. The molecule has 2 atom stereocenters. The van der Waals surface area contributed by atoms with Gasteiger partial charge in [0, 0.05) is 14.8 Å². The summed E-state index contributed by atoms with van der Waals surface area (Å²) in [5, 5.41) is 10.3. The summed E-state index contributed by atoms with van der Waals surface area (Å²) >= 11 is 8.17. The minimum Gasteiger partial charge on any atom is -0.480 e. The molecule has 0 saturated carbocycles. The standard InChI is InChI=1S/C18H20ClNO2S/c1-12-9-10-16(23-12)17(13-6-2-3-7-14(13)19)20-11-5-4-8-15(20)18(21)22/h2-3,6-7,9-10,15,17H,4-5,8,11H2,1H3,(H,21,22). The zero-order valence-corrected chi connectivity index (χ0v) is 14.6. The molecule has 2 heterocycles. The lowest BCUT2D eigenvalue weighted by atomic mass is 9.95. The molecule has 3 rings (SSSR count). The third-order valence-corrected chi connectivity index (χ3v) is 5.79. The first kappa shape index (κ1) is 16.5. The molecule has 1 aliphatic rings. The van der Waals surface area contributed by atoms with Crippen LogP contribution in [-0.2, 0) is 4.79 Å². The Morgan fingerprint density at radius 3 is 2.74 bits per heavy atom. The van der Waals surface area contributed by atoms with Crippen molar-refractivity contribution < 1.29 is 9.90 Å². The highest BCUT2D eigenvalue weighted by Gasteiger charge is 2.36. The summed E-state index contributed by atoms with van der Waals surface area (Å²) in [6.07, 6.45) is 2.68. The summed E-state index contributed by atoms with van der Waals surface area (Å²) < 4.78 is 0. The first-order chi connectivity index (χ1) is 11.1. The Kier molecular flexibility index (Phi) is 5.05. The van der Waals surface area contributed by atoms with Gasteiger partial charge >= 0.3 is 5.97 Å². The molecule has 1 aliphatic heterocycles. The molecule has 0 aliphatic carbocycles. The van der Waals surface area contributed by atoms with Gasteiger partial charge in [-0.25, -0.2) is 0 Å². The Bertz CT molecular complexity index is 700. The average molecular weight is 350 g/mol. The second-order valence-corrected chi connectivity index (χ2v) is 7.69. The van der Waals surface area contributed by atoms with Crippen LogP contribution in [0.3, 0.4) is 0 Å². The van der Waals surface area contributed by atoms with E-state index in [9.17, 15) is 9.90 Å². The van der Waals surface area contributed by atoms with Crippen molar-refractivity contribution in [2.24, 2.45) is 0 Å². The van der Waals surface area contributed by atoms with Crippen molar-refractivity contribution in [2.75, 3.05) is 6.54 Å². The van der Waals surface area contributed by atoms with Gasteiger partial charge in [-0.1, -0.05) is 36.2 Å². The van der Waals surface area contributed by atoms with Crippen LogP contribution in [0.25, 0.3) is 0 Å². The van der Waals surface area contributed by atoms with E-state index in [1.54, 1.807) is 11.3 Å². The smallest absolute Gasteiger partial charge is 0.320 e. The van der Waals surface area contributed by atoms with Crippen LogP contribution in [0.1, 0.15) is 40.6 Å². The second-order valence-electron chi connectivity index (χ2n) is 5.96. The van der Waals surface area contributed by atoms with Crippen molar-refractivity contribution >= 4 is 28.9 Å². The number of piperidine rings is 1. The number of halogens is 1. The average Bonchev–Trinajstić information content (AvgIpc) is 2.96. The number of hydrogen-bond donors (Lipinski definition) is 1. The number of carbonyl (C=O) groups is 1. The summed E-state index contributed by atoms with van der Waals surface area (Å²) in [4.78, 5) is 16.2. The molecule has 0 spiro atoms. The molecule has 2 unspecified atom stereocenters. The van der Waals surface area contributed by atoms with Crippen LogP contribution >= 0.6 is 22.9 Å². The summed E-state index contributed by atoms with van der Waals surface area (Å²) in [5.41, 5.74) is 0.990. The number of aliphatic carboxylic acids is 1. The van der Waals surface area contributed by atoms with Crippen molar-refractivity contribution in [3.8, 4) is 0 Å². The molecular weight excluding hydrogens is 330 g/mol. The Hall–Kier alpha value is -1.36. The first-order valence-electron chi connectivity index (χ1n) is 7.87. The van der Waals surface area contributed by atoms with E-state index in [-0.39, 0.29) is 6.04 Å². The number of hydrogen-bond acceptors (Lipinski definition) is 3. The van der Waals surface area contributed by atoms with Gasteiger partial charge in [0.2, 0.25) is 0 Å². The van der Waals surface area contributed by atoms with Gasteiger partial charge in [-0.3, -0.25) is 9.69 Å². The first-order valence-corrected chi connectivity index (χ1v) is 9.06. The van der Waals surface area contributed by atoms with Crippen molar-refractivity contribution in [1.29, 1.82) is 0 Å². The van der Waals surface area contributed by atoms with Gasteiger partial charge in [0.25, 0.3) is 0 Å². The minimum absolute atomic E-state index is 0.0937. The van der Waals surface area contributed by atoms with Crippen molar-refractivity contribution in [1.82, 2.24) is 4.90 Å². The molecular formula is C18H20ClNO2S. The van der Waals surface area contributed by atoms with Crippen LogP contribution in [0.15, 0.2) is 36.4 Å². The van der Waals surface area contributed by atoms with E-state index in [0.29, 0.717) is 11.4 Å². The lowest BCUT2D eigenvalue weighted by Crippen LogP contribution is -2.46. The van der Waals surface area contributed by atoms with E-state index in [4.69, 9.17) is 11.6 Å². The molecule has 1 saturated heterocycles. The number of likely N-dealkylation sites (tertiary alicyclic amines) is 1. The lowest BCUT2D eigenvalue weighted by Gasteiger charge is -2.39. The topological polar surface area (TPSA) is 40.5 Å². The number of benzene rings is 1. The predicted molar refractivity (Wildman–Crippen MR) is 94.3 cm³/mol. The maximum Gasteiger partial charge on any atom is 0.320 e. The Labute approximate surface area is 145 Å². The molecule has 1 aromatic heterocycles. The highest BCUT2D eigenvalue weighted by atomic mass is 35.5.